The van der Waals surface area contributed by atoms with Crippen LogP contribution >= 0.6 is 0 Å². The number of methoxy groups -OCH3 is 1. The zero-order chi connectivity index (χ0) is 38.3. The first-order valence-electron chi connectivity index (χ1n) is 21.9. The van der Waals surface area contributed by atoms with Gasteiger partial charge in [-0.25, -0.2) is 0 Å². The van der Waals surface area contributed by atoms with Crippen LogP contribution in [0.4, 0.5) is 0 Å². The first-order chi connectivity index (χ1) is 26.1. The van der Waals surface area contributed by atoms with E-state index in [-0.39, 0.29) is 25.2 Å². The summed E-state index contributed by atoms with van der Waals surface area (Å²) in [5, 5.41) is 0. The van der Waals surface area contributed by atoms with E-state index in [1.165, 1.54) is 116 Å². The molecule has 0 saturated carbocycles. The van der Waals surface area contributed by atoms with Crippen LogP contribution in [0.2, 0.25) is 0 Å². The van der Waals surface area contributed by atoms with Gasteiger partial charge in [-0.1, -0.05) is 153 Å². The van der Waals surface area contributed by atoms with Crippen molar-refractivity contribution in [3.05, 3.63) is 54.1 Å². The predicted octanol–water partition coefficient (Wildman–Crippen LogP) is 13.7. The number of unbranched alkanes of at least 4 members (excludes halogenated alkanes) is 22. The largest absolute Gasteiger partial charge is 0.497 e. The average Bonchev–Trinajstić information content (AvgIpc) is 3.17. The van der Waals surface area contributed by atoms with Crippen LogP contribution < -0.4 is 4.74 Å². The van der Waals surface area contributed by atoms with Gasteiger partial charge in [-0.05, 0) is 81.9 Å². The Labute approximate surface area is 326 Å². The molecule has 6 heteroatoms. The van der Waals surface area contributed by atoms with Crippen LogP contribution in [0.15, 0.2) is 48.6 Å². The second-order valence-electron chi connectivity index (χ2n) is 14.8. The van der Waals surface area contributed by atoms with Gasteiger partial charge in [-0.2, -0.15) is 0 Å². The molecule has 0 aliphatic rings. The molecule has 1 aromatic rings. The van der Waals surface area contributed by atoms with E-state index in [9.17, 15) is 9.59 Å². The van der Waals surface area contributed by atoms with Crippen LogP contribution in [-0.2, 0) is 30.4 Å². The Kier molecular flexibility index (Phi) is 34.4. The number of ether oxygens (including phenoxy) is 4. The second-order valence-corrected chi connectivity index (χ2v) is 14.8. The minimum atomic E-state index is -0.623. The van der Waals surface area contributed by atoms with Gasteiger partial charge in [-0.3, -0.25) is 9.59 Å². The minimum Gasteiger partial charge on any atom is -0.497 e. The Balaban J connectivity index is 2.24. The standard InChI is InChI=1S/C47H80O6/c1-4-6-8-10-12-14-16-18-20-22-24-26-28-30-32-34-46(48)52-42-45(41-51-40-43-36-38-44(50-3)39-37-43)53-47(49)35-33-31-29-27-25-23-21-19-17-15-13-11-9-7-5-2/h18-21,36-39,45H,4-17,22-35,40-42H2,1-3H3/b20-18-,21-19-/t45-/m0/s1. The van der Waals surface area contributed by atoms with Crippen molar-refractivity contribution in [2.24, 2.45) is 0 Å². The zero-order valence-corrected chi connectivity index (χ0v) is 34.6. The SMILES string of the molecule is CCCCCCCC/C=C\CCCCCCCC(=O)OC[C@H](COCc1ccc(OC)cc1)OC(=O)CCCCCCC/C=C\CCCCCCCC. The van der Waals surface area contributed by atoms with E-state index in [0.717, 1.165) is 62.7 Å². The lowest BCUT2D eigenvalue weighted by Gasteiger charge is -2.18. The molecule has 0 bridgehead atoms. The molecule has 0 saturated heterocycles. The lowest BCUT2D eigenvalue weighted by atomic mass is 10.1. The van der Waals surface area contributed by atoms with Crippen LogP contribution in [0.25, 0.3) is 0 Å². The number of hydrogen-bond donors (Lipinski definition) is 0. The Bertz CT molecular complexity index is 1020. The quantitative estimate of drug-likeness (QED) is 0.0382. The molecule has 0 spiro atoms. The molecule has 304 valence electrons. The van der Waals surface area contributed by atoms with Gasteiger partial charge in [-0.15, -0.1) is 0 Å². The number of carbonyl (C=O) groups is 2. The molecule has 0 radical (unpaired) electrons. The van der Waals surface area contributed by atoms with E-state index in [0.29, 0.717) is 19.4 Å². The van der Waals surface area contributed by atoms with Crippen molar-refractivity contribution >= 4 is 11.9 Å². The van der Waals surface area contributed by atoms with Gasteiger partial charge in [0.2, 0.25) is 0 Å². The fraction of sp³-hybridized carbons (Fsp3) is 0.745. The molecular weight excluding hydrogens is 661 g/mol. The third-order valence-corrected chi connectivity index (χ3v) is 9.75. The van der Waals surface area contributed by atoms with Gasteiger partial charge in [0.15, 0.2) is 6.10 Å². The summed E-state index contributed by atoms with van der Waals surface area (Å²) in [7, 11) is 1.64. The number of benzene rings is 1. The number of carbonyl (C=O) groups excluding carboxylic acids is 2. The zero-order valence-electron chi connectivity index (χ0n) is 34.6. The molecule has 1 rings (SSSR count). The maximum absolute atomic E-state index is 12.7. The van der Waals surface area contributed by atoms with Crippen LogP contribution in [0.3, 0.4) is 0 Å². The van der Waals surface area contributed by atoms with E-state index in [1.807, 2.05) is 24.3 Å². The highest BCUT2D eigenvalue weighted by Crippen LogP contribution is 2.15. The second kappa shape index (κ2) is 37.7. The third-order valence-electron chi connectivity index (χ3n) is 9.75. The van der Waals surface area contributed by atoms with Gasteiger partial charge < -0.3 is 18.9 Å². The molecule has 0 N–H and O–H groups in total. The Morgan fingerprint density at radius 2 is 0.943 bits per heavy atom. The smallest absolute Gasteiger partial charge is 0.306 e. The van der Waals surface area contributed by atoms with Crippen molar-refractivity contribution < 1.29 is 28.5 Å². The maximum Gasteiger partial charge on any atom is 0.306 e. The molecular formula is C47H80O6. The molecule has 0 aliphatic heterocycles. The monoisotopic (exact) mass is 741 g/mol. The summed E-state index contributed by atoms with van der Waals surface area (Å²) in [6.45, 7) is 5.09. The summed E-state index contributed by atoms with van der Waals surface area (Å²) in [6.07, 6.45) is 41.1. The molecule has 6 nitrogen and oxygen atoms in total. The fourth-order valence-electron chi connectivity index (χ4n) is 6.33. The van der Waals surface area contributed by atoms with Crippen LogP contribution in [0, 0.1) is 0 Å². The summed E-state index contributed by atoms with van der Waals surface area (Å²) in [4.78, 5) is 25.2. The molecule has 0 aromatic heterocycles. The number of esters is 2. The highest BCUT2D eigenvalue weighted by atomic mass is 16.6. The van der Waals surface area contributed by atoms with Crippen molar-refractivity contribution in [2.75, 3.05) is 20.3 Å². The Morgan fingerprint density at radius 3 is 1.40 bits per heavy atom. The Morgan fingerprint density at radius 1 is 0.528 bits per heavy atom. The summed E-state index contributed by atoms with van der Waals surface area (Å²) >= 11 is 0. The van der Waals surface area contributed by atoms with Crippen LogP contribution in [0.1, 0.15) is 199 Å². The van der Waals surface area contributed by atoms with Crippen LogP contribution in [-0.4, -0.2) is 38.4 Å². The highest BCUT2D eigenvalue weighted by Gasteiger charge is 2.18. The first kappa shape index (κ1) is 48.4. The van der Waals surface area contributed by atoms with E-state index in [4.69, 9.17) is 18.9 Å². The predicted molar refractivity (Wildman–Crippen MR) is 222 cm³/mol. The van der Waals surface area contributed by atoms with Crippen LogP contribution in [0.5, 0.6) is 5.75 Å². The molecule has 0 aliphatic carbocycles. The van der Waals surface area contributed by atoms with E-state index >= 15 is 0 Å². The lowest BCUT2D eigenvalue weighted by molar-refractivity contribution is -0.163. The molecule has 0 unspecified atom stereocenters. The molecule has 0 heterocycles. The summed E-state index contributed by atoms with van der Waals surface area (Å²) in [5.41, 5.74) is 0.991. The first-order valence-corrected chi connectivity index (χ1v) is 21.9. The lowest BCUT2D eigenvalue weighted by Crippen LogP contribution is -2.29. The molecule has 53 heavy (non-hydrogen) atoms. The fourth-order valence-corrected chi connectivity index (χ4v) is 6.33. The Hall–Kier alpha value is -2.60. The number of hydrogen-bond acceptors (Lipinski definition) is 6. The van der Waals surface area contributed by atoms with Crippen molar-refractivity contribution in [1.29, 1.82) is 0 Å². The van der Waals surface area contributed by atoms with E-state index in [1.54, 1.807) is 7.11 Å². The van der Waals surface area contributed by atoms with Gasteiger partial charge in [0.25, 0.3) is 0 Å². The van der Waals surface area contributed by atoms with E-state index < -0.39 is 6.10 Å². The van der Waals surface area contributed by atoms with Crippen molar-refractivity contribution in [3.8, 4) is 5.75 Å². The highest BCUT2D eigenvalue weighted by molar-refractivity contribution is 5.70. The normalized spacial score (nSPS) is 12.1. The number of rotatable bonds is 38. The van der Waals surface area contributed by atoms with Crippen molar-refractivity contribution in [3.63, 3.8) is 0 Å². The topological polar surface area (TPSA) is 71.1 Å². The summed E-state index contributed by atoms with van der Waals surface area (Å²) in [5.74, 6) is 0.291. The number of allylic oxidation sites excluding steroid dienone is 4. The third kappa shape index (κ3) is 32.5. The summed E-state index contributed by atoms with van der Waals surface area (Å²) in [6, 6.07) is 7.67. The maximum atomic E-state index is 12.7. The molecule has 1 aromatic carbocycles. The molecule has 1 atom stereocenters. The van der Waals surface area contributed by atoms with Gasteiger partial charge in [0.05, 0.1) is 20.3 Å². The minimum absolute atomic E-state index is 0.0185. The van der Waals surface area contributed by atoms with Gasteiger partial charge >= 0.3 is 11.9 Å². The van der Waals surface area contributed by atoms with Gasteiger partial charge in [0.1, 0.15) is 12.4 Å². The average molecular weight is 741 g/mol. The van der Waals surface area contributed by atoms with E-state index in [2.05, 4.69) is 38.2 Å². The van der Waals surface area contributed by atoms with Gasteiger partial charge in [0, 0.05) is 12.8 Å². The van der Waals surface area contributed by atoms with Crippen molar-refractivity contribution in [1.82, 2.24) is 0 Å². The summed E-state index contributed by atoms with van der Waals surface area (Å²) < 4.78 is 22.4. The van der Waals surface area contributed by atoms with Crippen molar-refractivity contribution in [2.45, 2.75) is 206 Å². The molecule has 0 amide bonds. The molecule has 0 fully saturated rings.